The van der Waals surface area contributed by atoms with E-state index in [1.54, 1.807) is 12.5 Å². The van der Waals surface area contributed by atoms with Gasteiger partial charge in [-0.2, -0.15) is 0 Å². The molecule has 3 aliphatic carbocycles. The number of ether oxygens (including phenoxy) is 4. The number of hydrogen-bond acceptors (Lipinski definition) is 9. The molecule has 0 amide bonds. The molecule has 2 saturated heterocycles. The summed E-state index contributed by atoms with van der Waals surface area (Å²) in [6.07, 6.45) is 2.14. The molecule has 3 saturated carbocycles. The van der Waals surface area contributed by atoms with Crippen LogP contribution in [-0.2, 0) is 33.3 Å². The van der Waals surface area contributed by atoms with Crippen LogP contribution in [0.3, 0.4) is 0 Å². The standard InChI is InChI=1S/C30H40O9/c1-15(31)36-21-13-20(33)26(3,4)19-12-22(37-16(2)32)29(7)18(28(19,21)6)8-10-27(5)23(17-9-11-35-14-17)38-25(34)24-30(27,29)39-24/h9,11,14,18-24,33H,8,10,12-13H2,1-7H3/t18?,19?,20-,21+,22-,23+,24?,27+,28-,29+,30?/m1/s1. The molecule has 9 heteroatoms. The van der Waals surface area contributed by atoms with Gasteiger partial charge in [0.25, 0.3) is 0 Å². The average Bonchev–Trinajstić information content (AvgIpc) is 3.41. The summed E-state index contributed by atoms with van der Waals surface area (Å²) in [5.41, 5.74) is -2.72. The molecule has 0 aromatic carbocycles. The second kappa shape index (κ2) is 8.09. The average molecular weight is 545 g/mol. The lowest BCUT2D eigenvalue weighted by molar-refractivity contribution is -0.297. The van der Waals surface area contributed by atoms with E-state index in [0.29, 0.717) is 25.7 Å². The second-order valence-corrected chi connectivity index (χ2v) is 13.8. The maximum atomic E-state index is 13.4. The first-order valence-corrected chi connectivity index (χ1v) is 14.1. The predicted octanol–water partition coefficient (Wildman–Crippen LogP) is 4.12. The van der Waals surface area contributed by atoms with Crippen LogP contribution in [0.4, 0.5) is 0 Å². The van der Waals surface area contributed by atoms with Crippen LogP contribution < -0.4 is 0 Å². The van der Waals surface area contributed by atoms with E-state index in [2.05, 4.69) is 20.8 Å². The fraction of sp³-hybridized carbons (Fsp3) is 0.767. The molecular weight excluding hydrogens is 504 g/mol. The van der Waals surface area contributed by atoms with Gasteiger partial charge in [-0.1, -0.05) is 34.6 Å². The van der Waals surface area contributed by atoms with Crippen molar-refractivity contribution in [3.8, 4) is 0 Å². The molecule has 5 fully saturated rings. The molecule has 6 rings (SSSR count). The molecule has 3 heterocycles. The summed E-state index contributed by atoms with van der Waals surface area (Å²) in [5.74, 6) is -1.49. The Morgan fingerprint density at radius 2 is 1.64 bits per heavy atom. The first kappa shape index (κ1) is 26.8. The van der Waals surface area contributed by atoms with Crippen LogP contribution in [0.25, 0.3) is 0 Å². The lowest BCUT2D eigenvalue weighted by atomic mass is 9.34. The van der Waals surface area contributed by atoms with Gasteiger partial charge < -0.3 is 28.5 Å². The number of aliphatic hydroxyl groups is 1. The fourth-order valence-corrected chi connectivity index (χ4v) is 10.2. The number of carbonyl (C=O) groups is 3. The maximum Gasteiger partial charge on any atom is 0.339 e. The first-order chi connectivity index (χ1) is 18.2. The van der Waals surface area contributed by atoms with Crippen molar-refractivity contribution in [2.45, 2.75) is 110 Å². The smallest absolute Gasteiger partial charge is 0.339 e. The van der Waals surface area contributed by atoms with E-state index in [1.807, 2.05) is 19.9 Å². The molecule has 4 unspecified atom stereocenters. The Balaban J connectivity index is 1.55. The lowest BCUT2D eigenvalue weighted by Crippen LogP contribution is -2.75. The highest BCUT2D eigenvalue weighted by Gasteiger charge is 2.89. The minimum Gasteiger partial charge on any atom is -0.472 e. The van der Waals surface area contributed by atoms with Crippen molar-refractivity contribution in [1.29, 1.82) is 0 Å². The summed E-state index contributed by atoms with van der Waals surface area (Å²) in [6.45, 7) is 13.3. The maximum absolute atomic E-state index is 13.4. The zero-order valence-electron chi connectivity index (χ0n) is 23.8. The number of fused-ring (bicyclic) bond motifs is 3. The van der Waals surface area contributed by atoms with Gasteiger partial charge in [-0.3, -0.25) is 9.59 Å². The van der Waals surface area contributed by atoms with E-state index in [-0.39, 0.29) is 11.8 Å². The molecule has 2 aliphatic heterocycles. The van der Waals surface area contributed by atoms with Crippen LogP contribution in [0.1, 0.15) is 85.8 Å². The summed E-state index contributed by atoms with van der Waals surface area (Å²) >= 11 is 0. The van der Waals surface area contributed by atoms with Gasteiger partial charge in [0.15, 0.2) is 6.10 Å². The first-order valence-electron chi connectivity index (χ1n) is 14.1. The third-order valence-corrected chi connectivity index (χ3v) is 11.9. The van der Waals surface area contributed by atoms with Gasteiger partial charge in [-0.05, 0) is 42.6 Å². The van der Waals surface area contributed by atoms with Crippen LogP contribution >= 0.6 is 0 Å². The summed E-state index contributed by atoms with van der Waals surface area (Å²) < 4.78 is 30.1. The van der Waals surface area contributed by atoms with Crippen molar-refractivity contribution in [2.75, 3.05) is 0 Å². The highest BCUT2D eigenvalue weighted by molar-refractivity contribution is 5.82. The molecule has 0 bridgehead atoms. The summed E-state index contributed by atoms with van der Waals surface area (Å²) in [5, 5.41) is 11.3. The molecule has 1 aromatic heterocycles. The van der Waals surface area contributed by atoms with Crippen molar-refractivity contribution in [2.24, 2.45) is 33.5 Å². The minimum atomic E-state index is -0.963. The molecule has 5 aliphatic rings. The third-order valence-electron chi connectivity index (χ3n) is 11.9. The van der Waals surface area contributed by atoms with E-state index >= 15 is 0 Å². The van der Waals surface area contributed by atoms with Crippen molar-refractivity contribution in [1.82, 2.24) is 0 Å². The highest BCUT2D eigenvalue weighted by Crippen LogP contribution is 2.80. The lowest BCUT2D eigenvalue weighted by Gasteiger charge is -2.71. The molecule has 0 radical (unpaired) electrons. The largest absolute Gasteiger partial charge is 0.472 e. The SMILES string of the molecule is CC(=O)O[C@H]1C[C@@H](O)C(C)(C)C2C[C@@H](OC(C)=O)[C@]3(C)C(CC[C@@]4(C)[C@H](c5ccoc5)OC(=O)C5OC543)[C@]21C. The second-order valence-electron chi connectivity index (χ2n) is 13.8. The van der Waals surface area contributed by atoms with Gasteiger partial charge in [0.2, 0.25) is 0 Å². The Kier molecular flexibility index (Phi) is 5.56. The molecule has 39 heavy (non-hydrogen) atoms. The summed E-state index contributed by atoms with van der Waals surface area (Å²) in [4.78, 5) is 38.3. The van der Waals surface area contributed by atoms with Crippen LogP contribution in [0, 0.1) is 33.5 Å². The number of rotatable bonds is 3. The van der Waals surface area contributed by atoms with Crippen LogP contribution in [0.2, 0.25) is 0 Å². The quantitative estimate of drug-likeness (QED) is 0.340. The molecule has 214 valence electrons. The zero-order chi connectivity index (χ0) is 28.3. The number of epoxide rings is 1. The molecular formula is C30H40O9. The van der Waals surface area contributed by atoms with E-state index in [0.717, 1.165) is 5.56 Å². The van der Waals surface area contributed by atoms with E-state index in [4.69, 9.17) is 23.4 Å². The highest BCUT2D eigenvalue weighted by atomic mass is 16.7. The Hall–Kier alpha value is -2.39. The topological polar surface area (TPSA) is 125 Å². The summed E-state index contributed by atoms with van der Waals surface area (Å²) in [7, 11) is 0. The normalized spacial score (nSPS) is 49.3. The molecule has 9 nitrogen and oxygen atoms in total. The number of aliphatic hydroxyl groups excluding tert-OH is 1. The van der Waals surface area contributed by atoms with Crippen LogP contribution in [0.15, 0.2) is 23.0 Å². The van der Waals surface area contributed by atoms with Gasteiger partial charge in [-0.25, -0.2) is 4.79 Å². The molecule has 1 spiro atoms. The summed E-state index contributed by atoms with van der Waals surface area (Å²) in [6, 6.07) is 1.82. The Labute approximate surface area is 228 Å². The van der Waals surface area contributed by atoms with Crippen LogP contribution in [-0.4, -0.2) is 53.0 Å². The van der Waals surface area contributed by atoms with Crippen LogP contribution in [0.5, 0.6) is 0 Å². The zero-order valence-corrected chi connectivity index (χ0v) is 23.8. The Morgan fingerprint density at radius 3 is 2.26 bits per heavy atom. The van der Waals surface area contributed by atoms with Gasteiger partial charge in [0.1, 0.15) is 23.9 Å². The fourth-order valence-electron chi connectivity index (χ4n) is 10.2. The van der Waals surface area contributed by atoms with Gasteiger partial charge in [0, 0.05) is 42.1 Å². The molecule has 11 atom stereocenters. The number of hydrogen-bond donors (Lipinski definition) is 1. The van der Waals surface area contributed by atoms with Crippen molar-refractivity contribution < 1.29 is 42.9 Å². The van der Waals surface area contributed by atoms with E-state index in [9.17, 15) is 19.5 Å². The molecule has 1 aromatic rings. The van der Waals surface area contributed by atoms with Gasteiger partial charge in [-0.15, -0.1) is 0 Å². The number of esters is 3. The number of cyclic esters (lactones) is 1. The van der Waals surface area contributed by atoms with Crippen molar-refractivity contribution >= 4 is 17.9 Å². The monoisotopic (exact) mass is 544 g/mol. The van der Waals surface area contributed by atoms with E-state index < -0.39 is 75.7 Å². The Morgan fingerprint density at radius 1 is 0.974 bits per heavy atom. The van der Waals surface area contributed by atoms with E-state index in [1.165, 1.54) is 13.8 Å². The Bertz CT molecular complexity index is 1210. The minimum absolute atomic E-state index is 0.126. The predicted molar refractivity (Wildman–Crippen MR) is 136 cm³/mol. The third kappa shape index (κ3) is 3.12. The van der Waals surface area contributed by atoms with Gasteiger partial charge >= 0.3 is 17.9 Å². The number of furan rings is 1. The molecule has 1 N–H and O–H groups in total. The number of carbonyl (C=O) groups excluding carboxylic acids is 3. The van der Waals surface area contributed by atoms with Crippen molar-refractivity contribution in [3.63, 3.8) is 0 Å². The van der Waals surface area contributed by atoms with Gasteiger partial charge in [0.05, 0.1) is 18.6 Å². The van der Waals surface area contributed by atoms with Crippen molar-refractivity contribution in [3.05, 3.63) is 24.2 Å².